The number of piperazine rings is 1. The van der Waals surface area contributed by atoms with E-state index < -0.39 is 0 Å². The second kappa shape index (κ2) is 6.09. The number of ether oxygens (including phenoxy) is 1. The second-order valence-corrected chi connectivity index (χ2v) is 5.34. The Morgan fingerprint density at radius 1 is 1.25 bits per heavy atom. The molecule has 0 atom stereocenters. The van der Waals surface area contributed by atoms with E-state index in [4.69, 9.17) is 4.74 Å². The van der Waals surface area contributed by atoms with E-state index >= 15 is 0 Å². The zero-order valence-corrected chi connectivity index (χ0v) is 12.2. The van der Waals surface area contributed by atoms with E-state index in [2.05, 4.69) is 16.8 Å². The van der Waals surface area contributed by atoms with Gasteiger partial charge in [-0.25, -0.2) is 0 Å². The van der Waals surface area contributed by atoms with E-state index in [9.17, 15) is 10.1 Å². The van der Waals surface area contributed by atoms with Gasteiger partial charge in [0.05, 0.1) is 16.7 Å². The Morgan fingerprint density at radius 3 is 2.45 bits per heavy atom. The number of likely N-dealkylation sites (N-methyl/N-ethyl adjacent to an activating group) is 1. The highest BCUT2D eigenvalue weighted by molar-refractivity contribution is 5.68. The van der Waals surface area contributed by atoms with Crippen LogP contribution in [-0.2, 0) is 0 Å². The van der Waals surface area contributed by atoms with Crippen LogP contribution in [0.25, 0.3) is 0 Å². The fourth-order valence-corrected chi connectivity index (χ4v) is 2.31. The molecule has 0 saturated carbocycles. The molecule has 0 bridgehead atoms. The van der Waals surface area contributed by atoms with Gasteiger partial charge in [0.25, 0.3) is 0 Å². The predicted octanol–water partition coefficient (Wildman–Crippen LogP) is 2.13. The van der Waals surface area contributed by atoms with Gasteiger partial charge in [0.2, 0.25) is 5.75 Å². The smallest absolute Gasteiger partial charge is 0.313 e. The van der Waals surface area contributed by atoms with Gasteiger partial charge in [-0.15, -0.1) is 0 Å². The molecular weight excluding hydrogens is 258 g/mol. The summed E-state index contributed by atoms with van der Waals surface area (Å²) in [6.07, 6.45) is -0.0951. The number of anilines is 1. The van der Waals surface area contributed by atoms with E-state index in [1.54, 1.807) is 6.07 Å². The van der Waals surface area contributed by atoms with Crippen molar-refractivity contribution in [2.75, 3.05) is 38.1 Å². The Bertz CT molecular complexity index is 483. The number of hydrogen-bond donors (Lipinski definition) is 0. The van der Waals surface area contributed by atoms with Gasteiger partial charge in [0.1, 0.15) is 0 Å². The van der Waals surface area contributed by atoms with Crippen LogP contribution in [0.5, 0.6) is 5.75 Å². The highest BCUT2D eigenvalue weighted by Crippen LogP contribution is 2.38. The Morgan fingerprint density at radius 2 is 1.90 bits per heavy atom. The zero-order chi connectivity index (χ0) is 14.7. The largest absolute Gasteiger partial charge is 0.483 e. The minimum Gasteiger partial charge on any atom is -0.483 e. The molecule has 0 radical (unpaired) electrons. The standard InChI is InChI=1S/C14H21N3O3/c1-11(2)20-14-12(5-4-6-13(14)17(18)19)16-9-7-15(3)8-10-16/h4-6,11H,7-10H2,1-3H3. The molecule has 0 aliphatic carbocycles. The van der Waals surface area contributed by atoms with Crippen molar-refractivity contribution in [1.82, 2.24) is 4.90 Å². The molecule has 2 rings (SSSR count). The normalized spacial score (nSPS) is 16.5. The second-order valence-electron chi connectivity index (χ2n) is 5.34. The van der Waals surface area contributed by atoms with Crippen LogP contribution < -0.4 is 9.64 Å². The number of nitro benzene ring substituents is 1. The SMILES string of the molecule is CC(C)Oc1c(N2CCN(C)CC2)cccc1[N+](=O)[O-]. The molecule has 1 heterocycles. The summed E-state index contributed by atoms with van der Waals surface area (Å²) in [5.74, 6) is 0.386. The lowest BCUT2D eigenvalue weighted by atomic mass is 10.2. The van der Waals surface area contributed by atoms with Crippen LogP contribution in [0.15, 0.2) is 18.2 Å². The van der Waals surface area contributed by atoms with E-state index in [0.29, 0.717) is 5.75 Å². The van der Waals surface area contributed by atoms with Crippen LogP contribution in [0.4, 0.5) is 11.4 Å². The minimum absolute atomic E-state index is 0.0372. The van der Waals surface area contributed by atoms with Crippen molar-refractivity contribution < 1.29 is 9.66 Å². The fourth-order valence-electron chi connectivity index (χ4n) is 2.31. The van der Waals surface area contributed by atoms with Crippen molar-refractivity contribution in [1.29, 1.82) is 0 Å². The van der Waals surface area contributed by atoms with Gasteiger partial charge in [0, 0.05) is 32.2 Å². The molecule has 6 heteroatoms. The maximum Gasteiger partial charge on any atom is 0.313 e. The third kappa shape index (κ3) is 3.19. The van der Waals surface area contributed by atoms with Crippen LogP contribution in [0.1, 0.15) is 13.8 Å². The summed E-state index contributed by atoms with van der Waals surface area (Å²) in [6, 6.07) is 5.12. The molecule has 1 aromatic carbocycles. The number of para-hydroxylation sites is 1. The molecule has 1 aliphatic rings. The molecule has 0 aromatic heterocycles. The lowest BCUT2D eigenvalue weighted by molar-refractivity contribution is -0.386. The number of benzene rings is 1. The first-order valence-electron chi connectivity index (χ1n) is 6.86. The maximum atomic E-state index is 11.2. The average molecular weight is 279 g/mol. The van der Waals surface area contributed by atoms with Gasteiger partial charge < -0.3 is 14.5 Å². The van der Waals surface area contributed by atoms with Crippen molar-refractivity contribution in [3.05, 3.63) is 28.3 Å². The van der Waals surface area contributed by atoms with E-state index in [1.807, 2.05) is 19.9 Å². The van der Waals surface area contributed by atoms with Crippen LogP contribution >= 0.6 is 0 Å². The molecule has 0 N–H and O–H groups in total. The first kappa shape index (κ1) is 14.6. The summed E-state index contributed by atoms with van der Waals surface area (Å²) in [5.41, 5.74) is 0.858. The Labute approximate surface area is 119 Å². The fraction of sp³-hybridized carbons (Fsp3) is 0.571. The molecule has 0 spiro atoms. The molecule has 20 heavy (non-hydrogen) atoms. The van der Waals surface area contributed by atoms with Crippen molar-refractivity contribution in [2.45, 2.75) is 20.0 Å². The number of hydrogen-bond acceptors (Lipinski definition) is 5. The first-order chi connectivity index (χ1) is 9.49. The Balaban J connectivity index is 2.35. The summed E-state index contributed by atoms with van der Waals surface area (Å²) in [5, 5.41) is 11.2. The van der Waals surface area contributed by atoms with Gasteiger partial charge >= 0.3 is 5.69 Å². The van der Waals surface area contributed by atoms with Gasteiger partial charge in [-0.05, 0) is 27.0 Å². The van der Waals surface area contributed by atoms with Crippen molar-refractivity contribution in [3.8, 4) is 5.75 Å². The quantitative estimate of drug-likeness (QED) is 0.624. The summed E-state index contributed by atoms with van der Waals surface area (Å²) in [6.45, 7) is 7.36. The molecule has 1 aromatic rings. The molecule has 0 unspecified atom stereocenters. The third-order valence-corrected chi connectivity index (χ3v) is 3.37. The predicted molar refractivity (Wildman–Crippen MR) is 78.6 cm³/mol. The molecular formula is C14H21N3O3. The summed E-state index contributed by atoms with van der Waals surface area (Å²) < 4.78 is 5.72. The molecule has 6 nitrogen and oxygen atoms in total. The minimum atomic E-state index is -0.378. The number of nitrogens with zero attached hydrogens (tertiary/aromatic N) is 3. The van der Waals surface area contributed by atoms with Gasteiger partial charge in [-0.3, -0.25) is 10.1 Å². The van der Waals surface area contributed by atoms with E-state index in [-0.39, 0.29) is 16.7 Å². The molecule has 0 amide bonds. The number of nitro groups is 1. The maximum absolute atomic E-state index is 11.2. The van der Waals surface area contributed by atoms with Crippen molar-refractivity contribution in [2.24, 2.45) is 0 Å². The first-order valence-corrected chi connectivity index (χ1v) is 6.86. The van der Waals surface area contributed by atoms with Crippen molar-refractivity contribution >= 4 is 11.4 Å². The lowest BCUT2D eigenvalue weighted by Crippen LogP contribution is -2.44. The molecule has 1 aliphatic heterocycles. The topological polar surface area (TPSA) is 58.8 Å². The van der Waals surface area contributed by atoms with Gasteiger partial charge in [-0.2, -0.15) is 0 Å². The van der Waals surface area contributed by atoms with Crippen LogP contribution in [0.2, 0.25) is 0 Å². The lowest BCUT2D eigenvalue weighted by Gasteiger charge is -2.34. The molecule has 110 valence electrons. The molecule has 1 fully saturated rings. The highest BCUT2D eigenvalue weighted by atomic mass is 16.6. The van der Waals surface area contributed by atoms with Crippen LogP contribution in [-0.4, -0.2) is 49.2 Å². The Hall–Kier alpha value is -1.82. The van der Waals surface area contributed by atoms with Crippen LogP contribution in [0.3, 0.4) is 0 Å². The van der Waals surface area contributed by atoms with E-state index in [1.165, 1.54) is 6.07 Å². The van der Waals surface area contributed by atoms with Gasteiger partial charge in [0.15, 0.2) is 0 Å². The van der Waals surface area contributed by atoms with Crippen molar-refractivity contribution in [3.63, 3.8) is 0 Å². The van der Waals surface area contributed by atoms with E-state index in [0.717, 1.165) is 31.9 Å². The monoisotopic (exact) mass is 279 g/mol. The zero-order valence-electron chi connectivity index (χ0n) is 12.2. The van der Waals surface area contributed by atoms with Gasteiger partial charge in [-0.1, -0.05) is 6.07 Å². The Kier molecular flexibility index (Phi) is 4.44. The number of rotatable bonds is 4. The van der Waals surface area contributed by atoms with Crippen LogP contribution in [0, 0.1) is 10.1 Å². The summed E-state index contributed by atoms with van der Waals surface area (Å²) in [7, 11) is 2.08. The highest BCUT2D eigenvalue weighted by Gasteiger charge is 2.25. The third-order valence-electron chi connectivity index (χ3n) is 3.37. The average Bonchev–Trinajstić information content (AvgIpc) is 2.39. The molecule has 1 saturated heterocycles. The summed E-state index contributed by atoms with van der Waals surface area (Å²) in [4.78, 5) is 15.2. The summed E-state index contributed by atoms with van der Waals surface area (Å²) >= 11 is 0.